The fraction of sp³-hybridized carbons (Fsp3) is 1.00. The van der Waals surface area contributed by atoms with Crippen LogP contribution in [0.1, 0.15) is 13.8 Å². The minimum absolute atomic E-state index is 0.00552. The lowest BCUT2D eigenvalue weighted by Gasteiger charge is -2.20. The van der Waals surface area contributed by atoms with E-state index in [9.17, 15) is 5.11 Å². The highest BCUT2D eigenvalue weighted by Crippen LogP contribution is 2.22. The van der Waals surface area contributed by atoms with Crippen molar-refractivity contribution in [2.75, 3.05) is 59.5 Å². The van der Waals surface area contributed by atoms with Gasteiger partial charge in [0.2, 0.25) is 0 Å². The molecule has 0 aromatic rings. The molecule has 8 heteroatoms. The molecule has 0 spiro atoms. The Kier molecular flexibility index (Phi) is 10.1. The van der Waals surface area contributed by atoms with Gasteiger partial charge >= 0.3 is 0 Å². The van der Waals surface area contributed by atoms with Crippen molar-refractivity contribution in [2.24, 2.45) is 0 Å². The summed E-state index contributed by atoms with van der Waals surface area (Å²) in [5, 5.41) is 17.7. The first-order chi connectivity index (χ1) is 10.6. The van der Waals surface area contributed by atoms with E-state index in [1.54, 1.807) is 0 Å². The molecule has 2 N–H and O–H groups in total. The Morgan fingerprint density at radius 2 is 1.73 bits per heavy atom. The van der Waals surface area contributed by atoms with E-state index in [0.717, 1.165) is 0 Å². The maximum Gasteiger partial charge on any atom is 0.180 e. The largest absolute Gasteiger partial charge is 0.394 e. The summed E-state index contributed by atoms with van der Waals surface area (Å²) in [7, 11) is 0. The predicted molar refractivity (Wildman–Crippen MR) is 76.4 cm³/mol. The number of hydrogen-bond donors (Lipinski definition) is 2. The van der Waals surface area contributed by atoms with Gasteiger partial charge in [-0.05, 0) is 13.8 Å². The van der Waals surface area contributed by atoms with Crippen LogP contribution in [0.4, 0.5) is 0 Å². The molecular weight excluding hydrogens is 296 g/mol. The second-order valence-electron chi connectivity index (χ2n) is 5.22. The average Bonchev–Trinajstić information content (AvgIpc) is 2.84. The highest BCUT2D eigenvalue weighted by Gasteiger charge is 2.33. The van der Waals surface area contributed by atoms with Gasteiger partial charge in [-0.15, -0.1) is 0 Å². The zero-order valence-electron chi connectivity index (χ0n) is 13.4. The molecule has 22 heavy (non-hydrogen) atoms. The molecule has 0 aliphatic carbocycles. The van der Waals surface area contributed by atoms with Crippen molar-refractivity contribution in [3.05, 3.63) is 0 Å². The minimum atomic E-state index is -0.707. The molecule has 132 valence electrons. The lowest BCUT2D eigenvalue weighted by molar-refractivity contribution is -0.193. The topological polar surface area (TPSA) is 95.8 Å². The molecule has 2 atom stereocenters. The summed E-state index contributed by atoms with van der Waals surface area (Å²) in [4.78, 5) is 0. The van der Waals surface area contributed by atoms with Gasteiger partial charge in [-0.3, -0.25) is 0 Å². The summed E-state index contributed by atoms with van der Waals surface area (Å²) in [5.74, 6) is -0.588. The second kappa shape index (κ2) is 11.3. The van der Waals surface area contributed by atoms with E-state index in [0.29, 0.717) is 46.2 Å². The van der Waals surface area contributed by atoms with Crippen LogP contribution < -0.4 is 0 Å². The van der Waals surface area contributed by atoms with Crippen molar-refractivity contribution in [3.63, 3.8) is 0 Å². The summed E-state index contributed by atoms with van der Waals surface area (Å²) in [6.45, 7) is 6.05. The van der Waals surface area contributed by atoms with E-state index in [-0.39, 0.29) is 19.3 Å². The molecule has 1 rings (SSSR count). The lowest BCUT2D eigenvalue weighted by Crippen LogP contribution is -2.30. The Balaban J connectivity index is 1.98. The first-order valence-corrected chi connectivity index (χ1v) is 7.49. The summed E-state index contributed by atoms with van der Waals surface area (Å²) >= 11 is 0. The van der Waals surface area contributed by atoms with Crippen molar-refractivity contribution in [2.45, 2.75) is 32.0 Å². The highest BCUT2D eigenvalue weighted by atomic mass is 16.8. The molecule has 0 aromatic carbocycles. The third-order valence-electron chi connectivity index (χ3n) is 2.82. The fourth-order valence-electron chi connectivity index (χ4n) is 1.84. The predicted octanol–water partition coefficient (Wildman–Crippen LogP) is -0.485. The molecule has 1 aliphatic rings. The van der Waals surface area contributed by atoms with Crippen LogP contribution in [-0.2, 0) is 28.4 Å². The number of hydrogen-bond acceptors (Lipinski definition) is 8. The number of ether oxygens (including phenoxy) is 6. The minimum Gasteiger partial charge on any atom is -0.394 e. The van der Waals surface area contributed by atoms with Crippen LogP contribution in [0.5, 0.6) is 0 Å². The van der Waals surface area contributed by atoms with Crippen LogP contribution in [0.2, 0.25) is 0 Å². The van der Waals surface area contributed by atoms with Gasteiger partial charge in [0.05, 0.1) is 59.5 Å². The molecule has 1 fully saturated rings. The van der Waals surface area contributed by atoms with Gasteiger partial charge in [-0.1, -0.05) is 0 Å². The maximum atomic E-state index is 9.20. The number of aliphatic hydroxyl groups excluding tert-OH is 2. The van der Waals surface area contributed by atoms with Gasteiger partial charge in [0, 0.05) is 0 Å². The highest BCUT2D eigenvalue weighted by molar-refractivity contribution is 4.70. The maximum absolute atomic E-state index is 9.20. The van der Waals surface area contributed by atoms with Gasteiger partial charge in [0.25, 0.3) is 0 Å². The average molecular weight is 324 g/mol. The van der Waals surface area contributed by atoms with Crippen molar-refractivity contribution in [3.8, 4) is 0 Å². The molecule has 8 nitrogen and oxygen atoms in total. The van der Waals surface area contributed by atoms with Crippen molar-refractivity contribution in [1.29, 1.82) is 0 Å². The number of aliphatic hydroxyl groups is 2. The van der Waals surface area contributed by atoms with Crippen LogP contribution in [0, 0.1) is 0 Å². The molecular formula is C14H28O8. The molecule has 2 unspecified atom stereocenters. The van der Waals surface area contributed by atoms with Gasteiger partial charge in [-0.2, -0.15) is 0 Å². The van der Waals surface area contributed by atoms with Gasteiger partial charge in [0.1, 0.15) is 6.10 Å². The molecule has 1 aliphatic heterocycles. The summed E-state index contributed by atoms with van der Waals surface area (Å²) in [6, 6.07) is 0. The molecule has 1 heterocycles. The Bertz CT molecular complexity index is 274. The smallest absolute Gasteiger partial charge is 0.180 e. The molecule has 0 bridgehead atoms. The Labute approximate surface area is 131 Å². The summed E-state index contributed by atoms with van der Waals surface area (Å²) in [6.07, 6.45) is -0.867. The first kappa shape index (κ1) is 19.7. The van der Waals surface area contributed by atoms with Crippen LogP contribution in [0.25, 0.3) is 0 Å². The molecule has 0 saturated carbocycles. The standard InChI is InChI=1S/C14H28O8/c1-14(2)21-11-12(22-14)10-20-13(9-16)19-8-7-18-6-5-17-4-3-15/h12-13,15-16H,3-11H2,1-2H3. The molecule has 0 aromatic heterocycles. The van der Waals surface area contributed by atoms with Crippen LogP contribution >= 0.6 is 0 Å². The Morgan fingerprint density at radius 3 is 2.32 bits per heavy atom. The third kappa shape index (κ3) is 8.96. The monoisotopic (exact) mass is 324 g/mol. The summed E-state index contributed by atoms with van der Waals surface area (Å²) < 4.78 is 32.1. The first-order valence-electron chi connectivity index (χ1n) is 7.49. The van der Waals surface area contributed by atoms with Crippen LogP contribution in [0.15, 0.2) is 0 Å². The second-order valence-corrected chi connectivity index (χ2v) is 5.22. The third-order valence-corrected chi connectivity index (χ3v) is 2.82. The Morgan fingerprint density at radius 1 is 1.05 bits per heavy atom. The Hall–Kier alpha value is -0.320. The zero-order chi connectivity index (χ0) is 16.3. The van der Waals surface area contributed by atoms with E-state index in [4.69, 9.17) is 33.5 Å². The van der Waals surface area contributed by atoms with Gasteiger partial charge in [-0.25, -0.2) is 0 Å². The number of rotatable bonds is 13. The fourth-order valence-corrected chi connectivity index (χ4v) is 1.84. The van der Waals surface area contributed by atoms with Gasteiger partial charge < -0.3 is 38.6 Å². The summed E-state index contributed by atoms with van der Waals surface area (Å²) in [5.41, 5.74) is 0. The van der Waals surface area contributed by atoms with E-state index < -0.39 is 12.1 Å². The van der Waals surface area contributed by atoms with Crippen molar-refractivity contribution >= 4 is 0 Å². The zero-order valence-corrected chi connectivity index (χ0v) is 13.4. The normalized spacial score (nSPS) is 22.1. The molecule has 0 radical (unpaired) electrons. The van der Waals surface area contributed by atoms with E-state index in [1.165, 1.54) is 0 Å². The molecule has 1 saturated heterocycles. The van der Waals surface area contributed by atoms with Crippen molar-refractivity contribution in [1.82, 2.24) is 0 Å². The van der Waals surface area contributed by atoms with Crippen LogP contribution in [0.3, 0.4) is 0 Å². The molecule has 0 amide bonds. The van der Waals surface area contributed by atoms with E-state index in [2.05, 4.69) is 0 Å². The van der Waals surface area contributed by atoms with Gasteiger partial charge in [0.15, 0.2) is 12.1 Å². The van der Waals surface area contributed by atoms with E-state index in [1.807, 2.05) is 13.8 Å². The van der Waals surface area contributed by atoms with Crippen LogP contribution in [-0.4, -0.2) is 87.9 Å². The SMILES string of the molecule is CC1(C)OCC(COC(CO)OCCOCCOCCO)O1. The lowest BCUT2D eigenvalue weighted by atomic mass is 10.4. The van der Waals surface area contributed by atoms with E-state index >= 15 is 0 Å². The quantitative estimate of drug-likeness (QED) is 0.346. The van der Waals surface area contributed by atoms with Crippen molar-refractivity contribution < 1.29 is 38.6 Å².